The number of hydrogen-bond acceptors (Lipinski definition) is 2. The normalized spacial score (nSPS) is 13.8. The van der Waals surface area contributed by atoms with Crippen LogP contribution in [0.15, 0.2) is 36.9 Å². The van der Waals surface area contributed by atoms with Crippen LogP contribution in [0.5, 0.6) is 0 Å². The summed E-state index contributed by atoms with van der Waals surface area (Å²) in [5, 5.41) is 5.50. The highest BCUT2D eigenvalue weighted by atomic mass is 16.2. The van der Waals surface area contributed by atoms with E-state index >= 15 is 0 Å². The molecule has 1 aliphatic carbocycles. The van der Waals surface area contributed by atoms with E-state index in [1.807, 2.05) is 0 Å². The SMILES string of the molecule is C=CCNC(=O)c1ccccc1NC(=O)C1CC1. The van der Waals surface area contributed by atoms with Crippen LogP contribution in [-0.2, 0) is 4.79 Å². The van der Waals surface area contributed by atoms with Crippen molar-refractivity contribution in [1.29, 1.82) is 0 Å². The van der Waals surface area contributed by atoms with Crippen LogP contribution in [0.3, 0.4) is 0 Å². The first-order valence-electron chi connectivity index (χ1n) is 6.01. The standard InChI is InChI=1S/C14H16N2O2/c1-2-9-15-14(18)11-5-3-4-6-12(11)16-13(17)10-7-8-10/h2-6,10H,1,7-9H2,(H,15,18)(H,16,17). The summed E-state index contributed by atoms with van der Waals surface area (Å²) in [5.41, 5.74) is 1.05. The molecule has 0 aliphatic heterocycles. The molecule has 0 atom stereocenters. The van der Waals surface area contributed by atoms with Gasteiger partial charge in [-0.05, 0) is 25.0 Å². The molecule has 1 saturated carbocycles. The molecule has 2 N–H and O–H groups in total. The Hall–Kier alpha value is -2.10. The predicted octanol–water partition coefficient (Wildman–Crippen LogP) is 1.95. The number of benzene rings is 1. The van der Waals surface area contributed by atoms with Crippen molar-refractivity contribution in [3.8, 4) is 0 Å². The second kappa shape index (κ2) is 5.49. The predicted molar refractivity (Wildman–Crippen MR) is 70.3 cm³/mol. The molecule has 1 aromatic carbocycles. The van der Waals surface area contributed by atoms with Gasteiger partial charge in [0.15, 0.2) is 0 Å². The van der Waals surface area contributed by atoms with Crippen LogP contribution < -0.4 is 10.6 Å². The van der Waals surface area contributed by atoms with Crippen molar-refractivity contribution in [3.63, 3.8) is 0 Å². The first-order valence-corrected chi connectivity index (χ1v) is 6.01. The van der Waals surface area contributed by atoms with Gasteiger partial charge in [-0.15, -0.1) is 6.58 Å². The van der Waals surface area contributed by atoms with Gasteiger partial charge in [0.1, 0.15) is 0 Å². The van der Waals surface area contributed by atoms with Gasteiger partial charge in [-0.3, -0.25) is 9.59 Å². The molecule has 4 heteroatoms. The molecule has 0 spiro atoms. The van der Waals surface area contributed by atoms with Gasteiger partial charge < -0.3 is 10.6 Å². The van der Waals surface area contributed by atoms with Crippen LogP contribution >= 0.6 is 0 Å². The largest absolute Gasteiger partial charge is 0.349 e. The number of rotatable bonds is 5. The molecule has 0 radical (unpaired) electrons. The Morgan fingerprint density at radius 1 is 1.33 bits per heavy atom. The summed E-state index contributed by atoms with van der Waals surface area (Å²) in [4.78, 5) is 23.6. The number of para-hydroxylation sites is 1. The third kappa shape index (κ3) is 2.97. The molecule has 1 fully saturated rings. The van der Waals surface area contributed by atoms with Crippen LogP contribution in [0.1, 0.15) is 23.2 Å². The fourth-order valence-corrected chi connectivity index (χ4v) is 1.63. The van der Waals surface area contributed by atoms with Crippen molar-refractivity contribution in [3.05, 3.63) is 42.5 Å². The molecular weight excluding hydrogens is 228 g/mol. The molecule has 4 nitrogen and oxygen atoms in total. The maximum Gasteiger partial charge on any atom is 0.253 e. The highest BCUT2D eigenvalue weighted by molar-refractivity contribution is 6.04. The van der Waals surface area contributed by atoms with Crippen LogP contribution in [0.25, 0.3) is 0 Å². The first kappa shape index (κ1) is 12.4. The number of hydrogen-bond donors (Lipinski definition) is 2. The lowest BCUT2D eigenvalue weighted by atomic mass is 10.1. The zero-order chi connectivity index (χ0) is 13.0. The van der Waals surface area contributed by atoms with Gasteiger partial charge in [-0.2, -0.15) is 0 Å². The molecule has 0 saturated heterocycles. The molecule has 2 rings (SSSR count). The number of carbonyl (C=O) groups is 2. The molecular formula is C14H16N2O2. The van der Waals surface area contributed by atoms with Crippen molar-refractivity contribution in [2.24, 2.45) is 5.92 Å². The van der Waals surface area contributed by atoms with Crippen molar-refractivity contribution in [2.75, 3.05) is 11.9 Å². The van der Waals surface area contributed by atoms with E-state index in [2.05, 4.69) is 17.2 Å². The minimum Gasteiger partial charge on any atom is -0.349 e. The molecule has 0 unspecified atom stereocenters. The maximum absolute atomic E-state index is 11.9. The number of amides is 2. The van der Waals surface area contributed by atoms with E-state index in [0.29, 0.717) is 17.8 Å². The molecule has 2 amide bonds. The average molecular weight is 244 g/mol. The van der Waals surface area contributed by atoms with Gasteiger partial charge in [-0.1, -0.05) is 18.2 Å². The summed E-state index contributed by atoms with van der Waals surface area (Å²) in [6.07, 6.45) is 3.50. The summed E-state index contributed by atoms with van der Waals surface area (Å²) in [5.74, 6) is -0.0881. The number of anilines is 1. The summed E-state index contributed by atoms with van der Waals surface area (Å²) in [6, 6.07) is 7.01. The van der Waals surface area contributed by atoms with E-state index in [1.54, 1.807) is 30.3 Å². The Labute approximate surface area is 106 Å². The summed E-state index contributed by atoms with van der Waals surface area (Å²) in [7, 11) is 0. The molecule has 0 bridgehead atoms. The van der Waals surface area contributed by atoms with Crippen molar-refractivity contribution >= 4 is 17.5 Å². The minimum atomic E-state index is -0.207. The second-order valence-electron chi connectivity index (χ2n) is 4.31. The number of nitrogens with one attached hydrogen (secondary N) is 2. The molecule has 1 aliphatic rings. The lowest BCUT2D eigenvalue weighted by molar-refractivity contribution is -0.117. The topological polar surface area (TPSA) is 58.2 Å². The summed E-state index contributed by atoms with van der Waals surface area (Å²) >= 11 is 0. The van der Waals surface area contributed by atoms with Gasteiger partial charge in [0, 0.05) is 12.5 Å². The van der Waals surface area contributed by atoms with Crippen molar-refractivity contribution < 1.29 is 9.59 Å². The Kier molecular flexibility index (Phi) is 3.77. The minimum absolute atomic E-state index is 0.000953. The van der Waals surface area contributed by atoms with E-state index in [0.717, 1.165) is 12.8 Å². The van der Waals surface area contributed by atoms with Gasteiger partial charge >= 0.3 is 0 Å². The quantitative estimate of drug-likeness (QED) is 0.778. The van der Waals surface area contributed by atoms with E-state index in [-0.39, 0.29) is 17.7 Å². The molecule has 1 aromatic rings. The third-order valence-electron chi connectivity index (χ3n) is 2.78. The van der Waals surface area contributed by atoms with Gasteiger partial charge in [0.25, 0.3) is 5.91 Å². The fraction of sp³-hybridized carbons (Fsp3) is 0.286. The van der Waals surface area contributed by atoms with E-state index in [1.165, 1.54) is 0 Å². The zero-order valence-electron chi connectivity index (χ0n) is 10.1. The fourth-order valence-electron chi connectivity index (χ4n) is 1.63. The maximum atomic E-state index is 11.9. The van der Waals surface area contributed by atoms with Crippen LogP contribution in [-0.4, -0.2) is 18.4 Å². The van der Waals surface area contributed by atoms with Gasteiger partial charge in [0.05, 0.1) is 11.3 Å². The van der Waals surface area contributed by atoms with Crippen LogP contribution in [0.2, 0.25) is 0 Å². The Balaban J connectivity index is 2.11. The van der Waals surface area contributed by atoms with Crippen LogP contribution in [0.4, 0.5) is 5.69 Å². The number of carbonyl (C=O) groups excluding carboxylic acids is 2. The molecule has 0 aromatic heterocycles. The smallest absolute Gasteiger partial charge is 0.253 e. The van der Waals surface area contributed by atoms with Gasteiger partial charge in [0.2, 0.25) is 5.91 Å². The summed E-state index contributed by atoms with van der Waals surface area (Å²) in [6.45, 7) is 3.95. The second-order valence-corrected chi connectivity index (χ2v) is 4.31. The highest BCUT2D eigenvalue weighted by Gasteiger charge is 2.30. The summed E-state index contributed by atoms with van der Waals surface area (Å²) < 4.78 is 0. The highest BCUT2D eigenvalue weighted by Crippen LogP contribution is 2.30. The molecule has 94 valence electrons. The third-order valence-corrected chi connectivity index (χ3v) is 2.78. The van der Waals surface area contributed by atoms with Crippen molar-refractivity contribution in [2.45, 2.75) is 12.8 Å². The van der Waals surface area contributed by atoms with E-state index in [4.69, 9.17) is 0 Å². The average Bonchev–Trinajstić information content (AvgIpc) is 3.20. The zero-order valence-corrected chi connectivity index (χ0v) is 10.1. The molecule has 0 heterocycles. The van der Waals surface area contributed by atoms with E-state index in [9.17, 15) is 9.59 Å². The lowest BCUT2D eigenvalue weighted by Crippen LogP contribution is -2.25. The van der Waals surface area contributed by atoms with Crippen molar-refractivity contribution in [1.82, 2.24) is 5.32 Å². The van der Waals surface area contributed by atoms with Gasteiger partial charge in [-0.25, -0.2) is 0 Å². The Morgan fingerprint density at radius 2 is 2.06 bits per heavy atom. The van der Waals surface area contributed by atoms with E-state index < -0.39 is 0 Å². The monoisotopic (exact) mass is 244 g/mol. The Morgan fingerprint density at radius 3 is 2.72 bits per heavy atom. The first-order chi connectivity index (χ1) is 8.72. The van der Waals surface area contributed by atoms with Crippen LogP contribution in [0, 0.1) is 5.92 Å². The Bertz CT molecular complexity index is 478. The lowest BCUT2D eigenvalue weighted by Gasteiger charge is -2.10. The molecule has 18 heavy (non-hydrogen) atoms.